The number of rotatable bonds is 13. The van der Waals surface area contributed by atoms with Gasteiger partial charge in [0, 0.05) is 12.5 Å². The van der Waals surface area contributed by atoms with E-state index >= 15 is 0 Å². The molecule has 105 valence electrons. The summed E-state index contributed by atoms with van der Waals surface area (Å²) in [4.78, 5) is 0. The molecule has 0 aliphatic rings. The first-order chi connectivity index (χ1) is 8.81. The van der Waals surface area contributed by atoms with Gasteiger partial charge >= 0.3 is 0 Å². The minimum absolute atomic E-state index is 0.684. The molecule has 1 nitrogen and oxygen atoms in total. The van der Waals surface area contributed by atoms with Crippen LogP contribution in [0.4, 0.5) is 0 Å². The molecular weight excluding hydrogens is 218 g/mol. The molecule has 0 saturated carbocycles. The third kappa shape index (κ3) is 13.6. The molecule has 0 bridgehead atoms. The molecule has 0 fully saturated rings. The van der Waals surface area contributed by atoms with Gasteiger partial charge in [-0.15, -0.1) is 0 Å². The smallest absolute Gasteiger partial charge is 0.00989 e. The van der Waals surface area contributed by atoms with Crippen LogP contribution in [0.15, 0.2) is 0 Å². The Bertz CT molecular complexity index is 192. The Labute approximate surface area is 115 Å². The zero-order chi connectivity index (χ0) is 13.5. The fraction of sp³-hybridized carbons (Fsp3) is 0.882. The van der Waals surface area contributed by atoms with Gasteiger partial charge in [-0.3, -0.25) is 0 Å². The molecule has 18 heavy (non-hydrogen) atoms. The maximum absolute atomic E-state index is 6.81. The summed E-state index contributed by atoms with van der Waals surface area (Å²) in [7, 11) is 2.05. The van der Waals surface area contributed by atoms with Crippen molar-refractivity contribution in [3.05, 3.63) is 6.42 Å². The predicted octanol–water partition coefficient (Wildman–Crippen LogP) is 4.87. The molecule has 0 aromatic rings. The van der Waals surface area contributed by atoms with Crippen LogP contribution in [-0.2, 0) is 0 Å². The highest BCUT2D eigenvalue weighted by atomic mass is 14.8. The molecule has 1 N–H and O–H groups in total. The first-order valence-electron chi connectivity index (χ1n) is 7.88. The van der Waals surface area contributed by atoms with Gasteiger partial charge in [0.25, 0.3) is 0 Å². The van der Waals surface area contributed by atoms with E-state index in [-0.39, 0.29) is 0 Å². The van der Waals surface area contributed by atoms with Gasteiger partial charge in [-0.05, 0) is 33.2 Å². The lowest BCUT2D eigenvalue weighted by Gasteiger charge is -2.09. The van der Waals surface area contributed by atoms with Crippen LogP contribution in [0.1, 0.15) is 84.0 Å². The molecule has 0 rings (SSSR count). The highest BCUT2D eigenvalue weighted by molar-refractivity contribution is 4.74. The predicted molar refractivity (Wildman–Crippen MR) is 81.1 cm³/mol. The highest BCUT2D eigenvalue weighted by Gasteiger charge is 1.97. The summed E-state index contributed by atoms with van der Waals surface area (Å²) in [5.41, 5.74) is 0. The van der Waals surface area contributed by atoms with Crippen molar-refractivity contribution in [2.45, 2.75) is 90.0 Å². The standard InChI is InChI=1S/C17H32N/c1-4-5-6-7-8-9-10-11-12-13-14-15-16-17(2)18-3/h17-18H,5-16H2,2-3H3. The van der Waals surface area contributed by atoms with E-state index in [0.717, 1.165) is 12.8 Å². The van der Waals surface area contributed by atoms with Gasteiger partial charge in [0.2, 0.25) is 0 Å². The molecule has 0 heterocycles. The van der Waals surface area contributed by atoms with Crippen LogP contribution in [0.5, 0.6) is 0 Å². The van der Waals surface area contributed by atoms with Crippen LogP contribution >= 0.6 is 0 Å². The van der Waals surface area contributed by atoms with E-state index in [1.54, 1.807) is 0 Å². The van der Waals surface area contributed by atoms with Crippen LogP contribution in [0.2, 0.25) is 0 Å². The van der Waals surface area contributed by atoms with Crippen molar-refractivity contribution >= 4 is 0 Å². The summed E-state index contributed by atoms with van der Waals surface area (Å²) in [6.45, 7) is 2.26. The van der Waals surface area contributed by atoms with Gasteiger partial charge in [0.1, 0.15) is 0 Å². The van der Waals surface area contributed by atoms with Crippen LogP contribution in [0, 0.1) is 12.3 Å². The maximum Gasteiger partial charge on any atom is 0.00989 e. The topological polar surface area (TPSA) is 12.0 Å². The van der Waals surface area contributed by atoms with Crippen molar-refractivity contribution in [3.63, 3.8) is 0 Å². The number of unbranched alkanes of at least 4 members (excludes halogenated alkanes) is 10. The van der Waals surface area contributed by atoms with Crippen molar-refractivity contribution in [1.29, 1.82) is 0 Å². The van der Waals surface area contributed by atoms with Gasteiger partial charge in [-0.2, -0.15) is 0 Å². The lowest BCUT2D eigenvalue weighted by molar-refractivity contribution is 0.502. The second-order valence-corrected chi connectivity index (χ2v) is 5.44. The van der Waals surface area contributed by atoms with Gasteiger partial charge < -0.3 is 5.32 Å². The van der Waals surface area contributed by atoms with Crippen LogP contribution in [-0.4, -0.2) is 13.1 Å². The fourth-order valence-corrected chi connectivity index (χ4v) is 2.22. The molecule has 0 aliphatic carbocycles. The highest BCUT2D eigenvalue weighted by Crippen LogP contribution is 2.12. The van der Waals surface area contributed by atoms with E-state index in [4.69, 9.17) is 6.42 Å². The number of nitrogens with one attached hydrogen (secondary N) is 1. The van der Waals surface area contributed by atoms with Crippen LogP contribution in [0.3, 0.4) is 0 Å². The van der Waals surface area contributed by atoms with Gasteiger partial charge in [0.15, 0.2) is 0 Å². The minimum Gasteiger partial charge on any atom is -0.317 e. The first kappa shape index (κ1) is 17.5. The van der Waals surface area contributed by atoms with Crippen molar-refractivity contribution in [2.75, 3.05) is 7.05 Å². The van der Waals surface area contributed by atoms with Crippen molar-refractivity contribution in [3.8, 4) is 5.92 Å². The van der Waals surface area contributed by atoms with E-state index in [1.807, 2.05) is 7.05 Å². The second-order valence-electron chi connectivity index (χ2n) is 5.44. The summed E-state index contributed by atoms with van der Waals surface area (Å²) in [5, 5.41) is 3.29. The summed E-state index contributed by atoms with van der Waals surface area (Å²) in [6, 6.07) is 0.684. The Hall–Kier alpha value is -0.480. The van der Waals surface area contributed by atoms with E-state index in [9.17, 15) is 0 Å². The quantitative estimate of drug-likeness (QED) is 0.363. The average Bonchev–Trinajstić information content (AvgIpc) is 2.39. The normalized spacial score (nSPS) is 12.3. The SMILES string of the molecule is [C]#CCCCCCCCCCCCCC(C)NC. The summed E-state index contributed by atoms with van der Waals surface area (Å²) in [6.07, 6.45) is 22.6. The molecular formula is C17H32N. The van der Waals surface area contributed by atoms with Crippen molar-refractivity contribution < 1.29 is 0 Å². The Morgan fingerprint density at radius 1 is 0.833 bits per heavy atom. The van der Waals surface area contributed by atoms with E-state index in [2.05, 4.69) is 18.2 Å². The van der Waals surface area contributed by atoms with E-state index in [1.165, 1.54) is 64.2 Å². The third-order valence-corrected chi connectivity index (χ3v) is 3.68. The Kier molecular flexibility index (Phi) is 14.2. The lowest BCUT2D eigenvalue weighted by atomic mass is 10.0. The molecule has 1 radical (unpaired) electrons. The summed E-state index contributed by atoms with van der Waals surface area (Å²) < 4.78 is 0. The zero-order valence-corrected chi connectivity index (χ0v) is 12.6. The van der Waals surface area contributed by atoms with Crippen molar-refractivity contribution in [1.82, 2.24) is 5.32 Å². The number of hydrogen-bond donors (Lipinski definition) is 1. The largest absolute Gasteiger partial charge is 0.317 e. The van der Waals surface area contributed by atoms with Gasteiger partial charge in [-0.1, -0.05) is 63.7 Å². The Balaban J connectivity index is 2.97. The molecule has 0 spiro atoms. The fourth-order valence-electron chi connectivity index (χ4n) is 2.22. The number of hydrogen-bond acceptors (Lipinski definition) is 1. The Morgan fingerprint density at radius 2 is 1.28 bits per heavy atom. The average molecular weight is 250 g/mol. The molecule has 0 aromatic carbocycles. The molecule has 1 atom stereocenters. The third-order valence-electron chi connectivity index (χ3n) is 3.68. The van der Waals surface area contributed by atoms with E-state index < -0.39 is 0 Å². The van der Waals surface area contributed by atoms with E-state index in [0.29, 0.717) is 6.04 Å². The Morgan fingerprint density at radius 3 is 1.72 bits per heavy atom. The minimum atomic E-state index is 0.684. The molecule has 0 amide bonds. The monoisotopic (exact) mass is 250 g/mol. The second kappa shape index (κ2) is 14.6. The zero-order valence-electron chi connectivity index (χ0n) is 12.6. The van der Waals surface area contributed by atoms with Crippen molar-refractivity contribution in [2.24, 2.45) is 0 Å². The molecule has 1 heteroatoms. The summed E-state index contributed by atoms with van der Waals surface area (Å²) in [5.74, 6) is 2.46. The molecule has 1 unspecified atom stereocenters. The molecule has 0 aromatic heterocycles. The maximum atomic E-state index is 6.81. The van der Waals surface area contributed by atoms with Crippen LogP contribution < -0.4 is 5.32 Å². The molecule has 0 saturated heterocycles. The van der Waals surface area contributed by atoms with Gasteiger partial charge in [-0.25, -0.2) is 0 Å². The van der Waals surface area contributed by atoms with Gasteiger partial charge in [0.05, 0.1) is 0 Å². The lowest BCUT2D eigenvalue weighted by Crippen LogP contribution is -2.20. The first-order valence-corrected chi connectivity index (χ1v) is 7.88. The molecule has 0 aliphatic heterocycles. The van der Waals surface area contributed by atoms with Crippen LogP contribution in [0.25, 0.3) is 0 Å². The summed E-state index contributed by atoms with van der Waals surface area (Å²) >= 11 is 0.